The van der Waals surface area contributed by atoms with Gasteiger partial charge in [0.05, 0.1) is 11.3 Å². The van der Waals surface area contributed by atoms with Gasteiger partial charge in [-0.15, -0.1) is 5.73 Å². The van der Waals surface area contributed by atoms with E-state index in [1.165, 1.54) is 4.90 Å². The molecule has 140 valence electrons. The van der Waals surface area contributed by atoms with E-state index in [2.05, 4.69) is 37.6 Å². The number of allylic oxidation sites excluding steroid dienone is 1. The van der Waals surface area contributed by atoms with E-state index < -0.39 is 11.9 Å². The van der Waals surface area contributed by atoms with Crippen LogP contribution in [0, 0.1) is 5.92 Å². The summed E-state index contributed by atoms with van der Waals surface area (Å²) in [5.41, 5.74) is 5.51. The fourth-order valence-corrected chi connectivity index (χ4v) is 3.42. The van der Waals surface area contributed by atoms with Crippen LogP contribution in [0.5, 0.6) is 0 Å². The van der Waals surface area contributed by atoms with Crippen LogP contribution in [-0.4, -0.2) is 28.7 Å². The van der Waals surface area contributed by atoms with Crippen molar-refractivity contribution in [1.82, 2.24) is 10.2 Å². The number of imide groups is 1. The van der Waals surface area contributed by atoms with Gasteiger partial charge >= 0.3 is 0 Å². The third-order valence-electron chi connectivity index (χ3n) is 5.22. The highest BCUT2D eigenvalue weighted by molar-refractivity contribution is 6.13. The van der Waals surface area contributed by atoms with Crippen molar-refractivity contribution < 1.29 is 14.4 Å². The fraction of sp³-hybridized carbons (Fsp3) is 0.364. The van der Waals surface area contributed by atoms with Gasteiger partial charge in [-0.2, -0.15) is 0 Å². The Hall–Kier alpha value is -2.91. The summed E-state index contributed by atoms with van der Waals surface area (Å²) in [6.45, 7) is 8.06. The van der Waals surface area contributed by atoms with Crippen molar-refractivity contribution in [2.24, 2.45) is 5.92 Å². The van der Waals surface area contributed by atoms with E-state index in [1.807, 2.05) is 24.3 Å². The Labute approximate surface area is 159 Å². The maximum Gasteiger partial charge on any atom is 0.260 e. The Morgan fingerprint density at radius 3 is 2.78 bits per heavy atom. The van der Waals surface area contributed by atoms with Gasteiger partial charge in [0.15, 0.2) is 0 Å². The largest absolute Gasteiger partial charge is 0.295 e. The Bertz CT molecular complexity index is 878. The second-order valence-corrected chi connectivity index (χ2v) is 7.12. The van der Waals surface area contributed by atoms with Gasteiger partial charge in [0, 0.05) is 12.0 Å². The first-order valence-corrected chi connectivity index (χ1v) is 9.34. The van der Waals surface area contributed by atoms with E-state index in [-0.39, 0.29) is 18.2 Å². The number of nitrogens with zero attached hydrogens (tertiary/aromatic N) is 1. The number of nitrogens with one attached hydrogen (secondary N) is 1. The fourth-order valence-electron chi connectivity index (χ4n) is 3.42. The molecule has 2 unspecified atom stereocenters. The lowest BCUT2D eigenvalue weighted by Gasteiger charge is -2.29. The molecular formula is C22H24N2O3. The van der Waals surface area contributed by atoms with Gasteiger partial charge in [0.1, 0.15) is 6.04 Å². The minimum absolute atomic E-state index is 0.213. The molecule has 27 heavy (non-hydrogen) atoms. The maximum atomic E-state index is 13.0. The number of piperidine rings is 1. The molecule has 3 rings (SSSR count). The number of carbonyl (C=O) groups is 3. The summed E-state index contributed by atoms with van der Waals surface area (Å²) in [7, 11) is 0. The van der Waals surface area contributed by atoms with Crippen molar-refractivity contribution in [1.29, 1.82) is 0 Å². The Kier molecular flexibility index (Phi) is 5.43. The van der Waals surface area contributed by atoms with E-state index in [9.17, 15) is 14.4 Å². The lowest BCUT2D eigenvalue weighted by atomic mass is 10.0. The molecule has 1 fully saturated rings. The smallest absolute Gasteiger partial charge is 0.260 e. The first-order valence-electron chi connectivity index (χ1n) is 9.34. The third-order valence-corrected chi connectivity index (χ3v) is 5.22. The molecule has 0 radical (unpaired) electrons. The third kappa shape index (κ3) is 3.64. The van der Waals surface area contributed by atoms with Crippen LogP contribution in [0.1, 0.15) is 61.0 Å². The SMILES string of the molecule is C=C=C1c2ccc(/C=C\CC(C)CC)cc2C(=O)N1C1CCC(=O)NC1=O. The molecule has 5 nitrogen and oxygen atoms in total. The van der Waals surface area contributed by atoms with Crippen LogP contribution in [0.2, 0.25) is 0 Å². The van der Waals surface area contributed by atoms with Crippen molar-refractivity contribution in [3.8, 4) is 0 Å². The van der Waals surface area contributed by atoms with E-state index in [0.717, 1.165) is 24.0 Å². The average molecular weight is 364 g/mol. The van der Waals surface area contributed by atoms with Gasteiger partial charge in [-0.1, -0.05) is 51.1 Å². The van der Waals surface area contributed by atoms with Crippen molar-refractivity contribution in [2.45, 2.75) is 45.6 Å². The molecule has 2 aliphatic rings. The summed E-state index contributed by atoms with van der Waals surface area (Å²) in [5, 5.41) is 2.31. The predicted octanol–water partition coefficient (Wildman–Crippen LogP) is 3.52. The number of amides is 3. The van der Waals surface area contributed by atoms with Crippen LogP contribution < -0.4 is 5.32 Å². The molecule has 2 atom stereocenters. The number of fused-ring (bicyclic) bond motifs is 1. The predicted molar refractivity (Wildman–Crippen MR) is 104 cm³/mol. The summed E-state index contributed by atoms with van der Waals surface area (Å²) < 4.78 is 0. The molecule has 1 saturated heterocycles. The lowest BCUT2D eigenvalue weighted by molar-refractivity contribution is -0.136. The van der Waals surface area contributed by atoms with Crippen LogP contribution in [0.25, 0.3) is 11.8 Å². The number of hydrogen-bond acceptors (Lipinski definition) is 3. The van der Waals surface area contributed by atoms with Crippen molar-refractivity contribution in [3.05, 3.63) is 53.3 Å². The number of rotatable bonds is 5. The molecule has 0 spiro atoms. The molecule has 0 saturated carbocycles. The normalized spacial score (nSPS) is 20.7. The van der Waals surface area contributed by atoms with Crippen LogP contribution in [0.15, 0.2) is 36.6 Å². The number of benzene rings is 1. The second kappa shape index (κ2) is 7.77. The standard InChI is InChI=1S/C22H24N2O3/c1-4-14(3)7-6-8-15-9-10-16-17(13-15)22(27)24(18(16)5-2)19-11-12-20(25)23-21(19)26/h6,8-10,13-14,19H,2,4,7,11-12H2,1,3H3,(H,23,25,26)/b8-6-. The van der Waals surface area contributed by atoms with Crippen LogP contribution in [0.3, 0.4) is 0 Å². The van der Waals surface area contributed by atoms with Gasteiger partial charge < -0.3 is 0 Å². The molecule has 3 amide bonds. The Morgan fingerprint density at radius 1 is 1.33 bits per heavy atom. The van der Waals surface area contributed by atoms with E-state index in [4.69, 9.17) is 0 Å². The molecule has 0 aliphatic carbocycles. The van der Waals surface area contributed by atoms with Crippen LogP contribution in [0.4, 0.5) is 0 Å². The van der Waals surface area contributed by atoms with Crippen LogP contribution in [-0.2, 0) is 9.59 Å². The number of hydrogen-bond donors (Lipinski definition) is 1. The van der Waals surface area contributed by atoms with E-state index in [1.54, 1.807) is 0 Å². The van der Waals surface area contributed by atoms with Gasteiger partial charge in [0.25, 0.3) is 5.91 Å². The molecule has 5 heteroatoms. The van der Waals surface area contributed by atoms with Gasteiger partial charge in [-0.25, -0.2) is 0 Å². The highest BCUT2D eigenvalue weighted by Gasteiger charge is 2.42. The minimum atomic E-state index is -0.712. The zero-order valence-electron chi connectivity index (χ0n) is 15.7. The maximum absolute atomic E-state index is 13.0. The lowest BCUT2D eigenvalue weighted by Crippen LogP contribution is -2.52. The first-order chi connectivity index (χ1) is 13.0. The summed E-state index contributed by atoms with van der Waals surface area (Å²) in [5.74, 6) is -0.384. The molecule has 1 N–H and O–H groups in total. The molecular weight excluding hydrogens is 340 g/mol. The van der Waals surface area contributed by atoms with E-state index >= 15 is 0 Å². The van der Waals surface area contributed by atoms with Crippen molar-refractivity contribution in [3.63, 3.8) is 0 Å². The van der Waals surface area contributed by atoms with Gasteiger partial charge in [-0.3, -0.25) is 24.6 Å². The van der Waals surface area contributed by atoms with Gasteiger partial charge in [-0.05, 0) is 30.4 Å². The first kappa shape index (κ1) is 18.9. The Balaban J connectivity index is 1.88. The molecule has 2 heterocycles. The summed E-state index contributed by atoms with van der Waals surface area (Å²) in [6, 6.07) is 4.95. The molecule has 1 aromatic rings. The minimum Gasteiger partial charge on any atom is -0.295 e. The van der Waals surface area contributed by atoms with Crippen molar-refractivity contribution in [2.75, 3.05) is 0 Å². The van der Waals surface area contributed by atoms with Crippen LogP contribution >= 0.6 is 0 Å². The van der Waals surface area contributed by atoms with Gasteiger partial charge in [0.2, 0.25) is 11.8 Å². The number of carbonyl (C=O) groups excluding carboxylic acids is 3. The molecule has 2 aliphatic heterocycles. The average Bonchev–Trinajstić information content (AvgIpc) is 2.93. The highest BCUT2D eigenvalue weighted by Crippen LogP contribution is 2.36. The summed E-state index contributed by atoms with van der Waals surface area (Å²) in [4.78, 5) is 38.1. The molecule has 0 bridgehead atoms. The molecule has 0 aromatic heterocycles. The zero-order valence-corrected chi connectivity index (χ0v) is 15.7. The summed E-state index contributed by atoms with van der Waals surface area (Å²) >= 11 is 0. The monoisotopic (exact) mass is 364 g/mol. The summed E-state index contributed by atoms with van der Waals surface area (Å²) in [6.07, 6.45) is 6.77. The second-order valence-electron chi connectivity index (χ2n) is 7.12. The molecule has 1 aromatic carbocycles. The quantitative estimate of drug-likeness (QED) is 0.642. The zero-order chi connectivity index (χ0) is 19.6. The van der Waals surface area contributed by atoms with E-state index in [0.29, 0.717) is 23.6 Å². The van der Waals surface area contributed by atoms with Crippen molar-refractivity contribution >= 4 is 29.5 Å². The topological polar surface area (TPSA) is 66.5 Å². The highest BCUT2D eigenvalue weighted by atomic mass is 16.2. The Morgan fingerprint density at radius 2 is 2.11 bits per heavy atom.